The molecule has 2 rings (SSSR count). The molecule has 1 unspecified atom stereocenters. The van der Waals surface area contributed by atoms with Gasteiger partial charge in [0.05, 0.1) is 0 Å². The first kappa shape index (κ1) is 13.9. The van der Waals surface area contributed by atoms with Crippen molar-refractivity contribution in [2.24, 2.45) is 0 Å². The van der Waals surface area contributed by atoms with E-state index >= 15 is 0 Å². The number of nitrogens with one attached hydrogen (secondary N) is 1. The maximum Gasteiger partial charge on any atom is 0.219 e. The Hall–Kier alpha value is -1.55. The van der Waals surface area contributed by atoms with Crippen LogP contribution in [-0.4, -0.2) is 44.0 Å². The number of nitrogens with zero attached hydrogens (tertiary/aromatic N) is 2. The van der Waals surface area contributed by atoms with E-state index in [-0.39, 0.29) is 5.91 Å². The summed E-state index contributed by atoms with van der Waals surface area (Å²) in [5, 5.41) is 3.24. The predicted molar refractivity (Wildman–Crippen MR) is 78.4 cm³/mol. The van der Waals surface area contributed by atoms with Crippen LogP contribution in [0.2, 0.25) is 0 Å². The average Bonchev–Trinajstić information content (AvgIpc) is 2.46. The summed E-state index contributed by atoms with van der Waals surface area (Å²) in [5.74, 6) is 0.179. The van der Waals surface area contributed by atoms with Gasteiger partial charge in [-0.15, -0.1) is 0 Å². The van der Waals surface area contributed by atoms with Gasteiger partial charge in [-0.3, -0.25) is 4.79 Å². The summed E-state index contributed by atoms with van der Waals surface area (Å²) in [6.45, 7) is 7.28. The molecule has 0 saturated carbocycles. The van der Waals surface area contributed by atoms with Crippen molar-refractivity contribution in [3.63, 3.8) is 0 Å². The summed E-state index contributed by atoms with van der Waals surface area (Å²) < 4.78 is 0. The number of carbonyl (C=O) groups excluding carboxylic acids is 1. The molecule has 104 valence electrons. The lowest BCUT2D eigenvalue weighted by Crippen LogP contribution is -2.48. The van der Waals surface area contributed by atoms with E-state index in [0.29, 0.717) is 6.04 Å². The molecule has 1 aromatic carbocycles. The van der Waals surface area contributed by atoms with Crippen LogP contribution in [0.1, 0.15) is 25.5 Å². The first-order chi connectivity index (χ1) is 9.11. The Labute approximate surface area is 115 Å². The Morgan fingerprint density at radius 2 is 1.74 bits per heavy atom. The molecule has 1 fully saturated rings. The number of benzene rings is 1. The molecular formula is C15H23N3O. The third kappa shape index (κ3) is 3.26. The van der Waals surface area contributed by atoms with Crippen molar-refractivity contribution in [3.8, 4) is 0 Å². The van der Waals surface area contributed by atoms with Gasteiger partial charge in [-0.05, 0) is 31.7 Å². The lowest BCUT2D eigenvalue weighted by molar-refractivity contribution is -0.129. The minimum atomic E-state index is 0.179. The highest BCUT2D eigenvalue weighted by molar-refractivity contribution is 5.73. The van der Waals surface area contributed by atoms with E-state index in [0.717, 1.165) is 26.2 Å². The molecular weight excluding hydrogens is 238 g/mol. The number of piperazine rings is 1. The smallest absolute Gasteiger partial charge is 0.219 e. The zero-order chi connectivity index (χ0) is 13.8. The largest absolute Gasteiger partial charge is 0.368 e. The van der Waals surface area contributed by atoms with Gasteiger partial charge in [0, 0.05) is 44.8 Å². The number of rotatable bonds is 3. The van der Waals surface area contributed by atoms with Gasteiger partial charge in [-0.2, -0.15) is 0 Å². The molecule has 4 nitrogen and oxygen atoms in total. The van der Waals surface area contributed by atoms with Crippen LogP contribution in [0.5, 0.6) is 0 Å². The zero-order valence-corrected chi connectivity index (χ0v) is 12.0. The van der Waals surface area contributed by atoms with Gasteiger partial charge in [-0.1, -0.05) is 12.1 Å². The van der Waals surface area contributed by atoms with E-state index in [1.807, 2.05) is 11.9 Å². The van der Waals surface area contributed by atoms with Crippen molar-refractivity contribution < 1.29 is 4.79 Å². The molecule has 1 N–H and O–H groups in total. The third-order valence-electron chi connectivity index (χ3n) is 3.92. The van der Waals surface area contributed by atoms with Crippen molar-refractivity contribution in [1.29, 1.82) is 0 Å². The normalized spacial score (nSPS) is 17.4. The van der Waals surface area contributed by atoms with Crippen molar-refractivity contribution in [2.75, 3.05) is 38.1 Å². The van der Waals surface area contributed by atoms with E-state index in [2.05, 4.69) is 41.4 Å². The van der Waals surface area contributed by atoms with Crippen LogP contribution >= 0.6 is 0 Å². The lowest BCUT2D eigenvalue weighted by atomic mass is 10.1. The molecule has 1 saturated heterocycles. The first-order valence-electron chi connectivity index (χ1n) is 6.89. The molecule has 0 spiro atoms. The minimum absolute atomic E-state index is 0.179. The summed E-state index contributed by atoms with van der Waals surface area (Å²) in [6, 6.07) is 9.07. The second-order valence-corrected chi connectivity index (χ2v) is 5.10. The highest BCUT2D eigenvalue weighted by Crippen LogP contribution is 2.20. The molecule has 0 bridgehead atoms. The molecule has 1 amide bonds. The van der Waals surface area contributed by atoms with Crippen LogP contribution in [0.25, 0.3) is 0 Å². The van der Waals surface area contributed by atoms with Crippen molar-refractivity contribution in [1.82, 2.24) is 10.2 Å². The molecule has 0 aliphatic carbocycles. The van der Waals surface area contributed by atoms with Crippen LogP contribution in [0.15, 0.2) is 24.3 Å². The number of anilines is 1. The zero-order valence-electron chi connectivity index (χ0n) is 12.0. The Balaban J connectivity index is 1.98. The molecule has 4 heteroatoms. The topological polar surface area (TPSA) is 35.6 Å². The first-order valence-corrected chi connectivity index (χ1v) is 6.89. The maximum absolute atomic E-state index is 11.3. The lowest BCUT2D eigenvalue weighted by Gasteiger charge is -2.35. The van der Waals surface area contributed by atoms with Crippen LogP contribution in [0.3, 0.4) is 0 Å². The number of hydrogen-bond donors (Lipinski definition) is 1. The Morgan fingerprint density at radius 3 is 2.21 bits per heavy atom. The summed E-state index contributed by atoms with van der Waals surface area (Å²) in [5.41, 5.74) is 2.55. The van der Waals surface area contributed by atoms with Gasteiger partial charge in [0.15, 0.2) is 0 Å². The number of hydrogen-bond acceptors (Lipinski definition) is 3. The third-order valence-corrected chi connectivity index (χ3v) is 3.92. The van der Waals surface area contributed by atoms with Gasteiger partial charge in [-0.25, -0.2) is 0 Å². The summed E-state index contributed by atoms with van der Waals surface area (Å²) in [4.78, 5) is 15.5. The Kier molecular flexibility index (Phi) is 4.43. The minimum Gasteiger partial charge on any atom is -0.368 e. The molecule has 0 aromatic heterocycles. The molecule has 1 atom stereocenters. The fourth-order valence-corrected chi connectivity index (χ4v) is 2.42. The summed E-state index contributed by atoms with van der Waals surface area (Å²) >= 11 is 0. The Bertz CT molecular complexity index is 422. The SMILES string of the molecule is CNC(C)c1ccc(N2CCN(C(C)=O)CC2)cc1. The molecule has 1 aliphatic rings. The maximum atomic E-state index is 11.3. The highest BCUT2D eigenvalue weighted by Gasteiger charge is 2.18. The van der Waals surface area contributed by atoms with E-state index in [4.69, 9.17) is 0 Å². The van der Waals surface area contributed by atoms with Gasteiger partial charge in [0.25, 0.3) is 0 Å². The van der Waals surface area contributed by atoms with Crippen molar-refractivity contribution in [2.45, 2.75) is 19.9 Å². The second kappa shape index (κ2) is 6.06. The van der Waals surface area contributed by atoms with Crippen molar-refractivity contribution >= 4 is 11.6 Å². The van der Waals surface area contributed by atoms with E-state index < -0.39 is 0 Å². The summed E-state index contributed by atoms with van der Waals surface area (Å²) in [7, 11) is 1.97. The fraction of sp³-hybridized carbons (Fsp3) is 0.533. The highest BCUT2D eigenvalue weighted by atomic mass is 16.2. The summed E-state index contributed by atoms with van der Waals surface area (Å²) in [6.07, 6.45) is 0. The van der Waals surface area contributed by atoms with Crippen LogP contribution in [-0.2, 0) is 4.79 Å². The van der Waals surface area contributed by atoms with Crippen molar-refractivity contribution in [3.05, 3.63) is 29.8 Å². The van der Waals surface area contributed by atoms with Gasteiger partial charge in [0.2, 0.25) is 5.91 Å². The van der Waals surface area contributed by atoms with E-state index in [1.54, 1.807) is 6.92 Å². The predicted octanol–water partition coefficient (Wildman–Crippen LogP) is 1.64. The molecule has 0 radical (unpaired) electrons. The molecule has 1 aliphatic heterocycles. The number of carbonyl (C=O) groups is 1. The fourth-order valence-electron chi connectivity index (χ4n) is 2.42. The average molecular weight is 261 g/mol. The quantitative estimate of drug-likeness (QED) is 0.898. The molecule has 1 heterocycles. The van der Waals surface area contributed by atoms with E-state index in [9.17, 15) is 4.79 Å². The molecule has 19 heavy (non-hydrogen) atoms. The second-order valence-electron chi connectivity index (χ2n) is 5.10. The van der Waals surface area contributed by atoms with Gasteiger partial charge >= 0.3 is 0 Å². The standard InChI is InChI=1S/C15H23N3O/c1-12(16-3)14-4-6-15(7-5-14)18-10-8-17(9-11-18)13(2)19/h4-7,12,16H,8-11H2,1-3H3. The number of amides is 1. The van der Waals surface area contributed by atoms with Crippen LogP contribution < -0.4 is 10.2 Å². The Morgan fingerprint density at radius 1 is 1.16 bits per heavy atom. The molecule has 1 aromatic rings. The van der Waals surface area contributed by atoms with Crippen LogP contribution in [0, 0.1) is 0 Å². The van der Waals surface area contributed by atoms with Gasteiger partial charge < -0.3 is 15.1 Å². The van der Waals surface area contributed by atoms with Crippen LogP contribution in [0.4, 0.5) is 5.69 Å². The monoisotopic (exact) mass is 261 g/mol. The van der Waals surface area contributed by atoms with E-state index in [1.165, 1.54) is 11.3 Å². The van der Waals surface area contributed by atoms with Gasteiger partial charge in [0.1, 0.15) is 0 Å².